The minimum Gasteiger partial charge on any atom is -0.339 e. The predicted molar refractivity (Wildman–Crippen MR) is 59.9 cm³/mol. The Kier molecular flexibility index (Phi) is 4.20. The second-order valence-corrected chi connectivity index (χ2v) is 4.00. The van der Waals surface area contributed by atoms with Crippen LogP contribution in [0.1, 0.15) is 33.6 Å². The zero-order chi connectivity index (χ0) is 10.6. The molecule has 0 radical (unpaired) electrons. The minimum absolute atomic E-state index is 0.603. The van der Waals surface area contributed by atoms with Gasteiger partial charge in [-0.15, -0.1) is 0 Å². The highest BCUT2D eigenvalue weighted by Crippen LogP contribution is 2.24. The van der Waals surface area contributed by atoms with Gasteiger partial charge in [-0.25, -0.2) is 5.84 Å². The number of hydrogen-bond donors (Lipinski definition) is 2. The van der Waals surface area contributed by atoms with Crippen LogP contribution in [0.25, 0.3) is 0 Å². The highest BCUT2D eigenvalue weighted by Gasteiger charge is 2.30. The van der Waals surface area contributed by atoms with Crippen LogP contribution in [0.4, 0.5) is 0 Å². The van der Waals surface area contributed by atoms with Gasteiger partial charge in [-0.05, 0) is 25.7 Å². The number of nitrogens with two attached hydrogens (primary N) is 1. The van der Waals surface area contributed by atoms with E-state index in [0.29, 0.717) is 6.04 Å². The summed E-state index contributed by atoms with van der Waals surface area (Å²) in [5.74, 6) is 7.07. The molecule has 0 aromatic heterocycles. The molecule has 1 rings (SSSR count). The molecule has 0 aromatic carbocycles. The predicted octanol–water partition coefficient (Wildman–Crippen LogP) is 0.946. The Morgan fingerprint density at radius 3 is 2.79 bits per heavy atom. The average molecular weight is 198 g/mol. The Bertz CT molecular complexity index is 202. The number of hydrogen-bond acceptors (Lipinski definition) is 2. The van der Waals surface area contributed by atoms with E-state index >= 15 is 0 Å². The Morgan fingerprint density at radius 1 is 1.57 bits per heavy atom. The van der Waals surface area contributed by atoms with E-state index < -0.39 is 0 Å². The monoisotopic (exact) mass is 198 g/mol. The summed E-state index contributed by atoms with van der Waals surface area (Å²) in [6.07, 6.45) is 2.41. The number of nitrogens with zero attached hydrogens (tertiary/aromatic N) is 2. The Morgan fingerprint density at radius 2 is 2.29 bits per heavy atom. The average Bonchev–Trinajstić information content (AvgIpc) is 2.55. The molecule has 0 aliphatic carbocycles. The van der Waals surface area contributed by atoms with E-state index in [1.807, 2.05) is 6.92 Å². The SMILES string of the molecule is CCN=C(NN)N1CC(C)CC1CC. The third kappa shape index (κ3) is 2.38. The third-order valence-corrected chi connectivity index (χ3v) is 2.80. The van der Waals surface area contributed by atoms with Crippen molar-refractivity contribution in [2.45, 2.75) is 39.7 Å². The van der Waals surface area contributed by atoms with Crippen molar-refractivity contribution in [1.82, 2.24) is 10.3 Å². The molecule has 1 heterocycles. The lowest BCUT2D eigenvalue weighted by molar-refractivity contribution is 0.365. The van der Waals surface area contributed by atoms with Crippen molar-refractivity contribution in [3.8, 4) is 0 Å². The van der Waals surface area contributed by atoms with Crippen molar-refractivity contribution in [3.05, 3.63) is 0 Å². The number of likely N-dealkylation sites (tertiary alicyclic amines) is 1. The minimum atomic E-state index is 0.603. The topological polar surface area (TPSA) is 53.6 Å². The van der Waals surface area contributed by atoms with Crippen molar-refractivity contribution in [2.75, 3.05) is 13.1 Å². The molecule has 4 nitrogen and oxygen atoms in total. The van der Waals surface area contributed by atoms with Gasteiger partial charge in [0.25, 0.3) is 0 Å². The Hall–Kier alpha value is -0.770. The number of aliphatic imine (C=N–C) groups is 1. The van der Waals surface area contributed by atoms with Crippen LogP contribution < -0.4 is 11.3 Å². The second-order valence-electron chi connectivity index (χ2n) is 4.00. The molecule has 0 bridgehead atoms. The maximum atomic E-state index is 5.48. The van der Waals surface area contributed by atoms with Gasteiger partial charge in [0.15, 0.2) is 0 Å². The Labute approximate surface area is 86.5 Å². The molecule has 2 atom stereocenters. The fraction of sp³-hybridized carbons (Fsp3) is 0.900. The van der Waals surface area contributed by atoms with E-state index in [1.165, 1.54) is 6.42 Å². The first-order valence-corrected chi connectivity index (χ1v) is 5.50. The molecule has 0 spiro atoms. The third-order valence-electron chi connectivity index (χ3n) is 2.80. The molecule has 1 fully saturated rings. The van der Waals surface area contributed by atoms with Crippen LogP contribution in [0, 0.1) is 5.92 Å². The lowest BCUT2D eigenvalue weighted by Crippen LogP contribution is -2.47. The molecule has 2 unspecified atom stereocenters. The molecular formula is C10H22N4. The zero-order valence-electron chi connectivity index (χ0n) is 9.45. The quantitative estimate of drug-likeness (QED) is 0.300. The number of nitrogens with one attached hydrogen (secondary N) is 1. The fourth-order valence-corrected chi connectivity index (χ4v) is 2.17. The standard InChI is InChI=1S/C10H22N4/c1-4-9-6-8(3)7-14(9)10(13-11)12-5-2/h8-9H,4-7,11H2,1-3H3,(H,12,13). The summed E-state index contributed by atoms with van der Waals surface area (Å²) in [5, 5.41) is 0. The maximum absolute atomic E-state index is 5.48. The summed E-state index contributed by atoms with van der Waals surface area (Å²) in [6.45, 7) is 8.37. The largest absolute Gasteiger partial charge is 0.339 e. The van der Waals surface area contributed by atoms with E-state index in [1.54, 1.807) is 0 Å². The van der Waals surface area contributed by atoms with Crippen LogP contribution in [0.2, 0.25) is 0 Å². The molecule has 0 aromatic rings. The van der Waals surface area contributed by atoms with Crippen molar-refractivity contribution >= 4 is 5.96 Å². The van der Waals surface area contributed by atoms with Crippen LogP contribution >= 0.6 is 0 Å². The van der Waals surface area contributed by atoms with Gasteiger partial charge in [-0.3, -0.25) is 10.4 Å². The lowest BCUT2D eigenvalue weighted by Gasteiger charge is -2.26. The van der Waals surface area contributed by atoms with Gasteiger partial charge in [0.2, 0.25) is 5.96 Å². The first-order valence-electron chi connectivity index (χ1n) is 5.50. The van der Waals surface area contributed by atoms with Gasteiger partial charge < -0.3 is 4.90 Å². The van der Waals surface area contributed by atoms with Crippen LogP contribution in [0.15, 0.2) is 4.99 Å². The van der Waals surface area contributed by atoms with Crippen LogP contribution in [0.3, 0.4) is 0 Å². The highest BCUT2D eigenvalue weighted by atomic mass is 15.4. The summed E-state index contributed by atoms with van der Waals surface area (Å²) in [6, 6.07) is 0.603. The van der Waals surface area contributed by atoms with Gasteiger partial charge in [0, 0.05) is 19.1 Å². The van der Waals surface area contributed by atoms with Gasteiger partial charge in [-0.2, -0.15) is 0 Å². The van der Waals surface area contributed by atoms with E-state index in [4.69, 9.17) is 5.84 Å². The molecule has 0 amide bonds. The van der Waals surface area contributed by atoms with Gasteiger partial charge in [-0.1, -0.05) is 13.8 Å². The number of hydrazine groups is 1. The van der Waals surface area contributed by atoms with Crippen molar-refractivity contribution in [3.63, 3.8) is 0 Å². The van der Waals surface area contributed by atoms with E-state index in [2.05, 4.69) is 29.2 Å². The fourth-order valence-electron chi connectivity index (χ4n) is 2.17. The van der Waals surface area contributed by atoms with E-state index in [9.17, 15) is 0 Å². The molecule has 4 heteroatoms. The number of guanidine groups is 1. The summed E-state index contributed by atoms with van der Waals surface area (Å²) in [5.41, 5.74) is 2.71. The molecule has 1 saturated heterocycles. The van der Waals surface area contributed by atoms with Gasteiger partial charge in [0.05, 0.1) is 0 Å². The van der Waals surface area contributed by atoms with Crippen LogP contribution in [-0.2, 0) is 0 Å². The van der Waals surface area contributed by atoms with E-state index in [0.717, 1.165) is 31.4 Å². The number of rotatable bonds is 2. The van der Waals surface area contributed by atoms with Crippen LogP contribution in [-0.4, -0.2) is 30.0 Å². The molecular weight excluding hydrogens is 176 g/mol. The summed E-state index contributed by atoms with van der Waals surface area (Å²) >= 11 is 0. The summed E-state index contributed by atoms with van der Waals surface area (Å²) < 4.78 is 0. The second kappa shape index (κ2) is 5.20. The molecule has 1 aliphatic heterocycles. The van der Waals surface area contributed by atoms with Crippen molar-refractivity contribution in [2.24, 2.45) is 16.8 Å². The van der Waals surface area contributed by atoms with Crippen LogP contribution in [0.5, 0.6) is 0 Å². The van der Waals surface area contributed by atoms with Gasteiger partial charge in [0.1, 0.15) is 0 Å². The van der Waals surface area contributed by atoms with E-state index in [-0.39, 0.29) is 0 Å². The smallest absolute Gasteiger partial charge is 0.208 e. The molecule has 14 heavy (non-hydrogen) atoms. The summed E-state index contributed by atoms with van der Waals surface area (Å²) in [4.78, 5) is 6.66. The zero-order valence-corrected chi connectivity index (χ0v) is 9.45. The van der Waals surface area contributed by atoms with Gasteiger partial charge >= 0.3 is 0 Å². The Balaban J connectivity index is 2.69. The van der Waals surface area contributed by atoms with Crippen molar-refractivity contribution in [1.29, 1.82) is 0 Å². The first kappa shape index (κ1) is 11.3. The normalized spacial score (nSPS) is 28.3. The molecule has 0 saturated carbocycles. The first-order chi connectivity index (χ1) is 6.72. The lowest BCUT2D eigenvalue weighted by atomic mass is 10.1. The molecule has 1 aliphatic rings. The molecule has 82 valence electrons. The highest BCUT2D eigenvalue weighted by molar-refractivity contribution is 5.80. The summed E-state index contributed by atoms with van der Waals surface area (Å²) in [7, 11) is 0. The maximum Gasteiger partial charge on any atom is 0.208 e. The van der Waals surface area contributed by atoms with Crippen molar-refractivity contribution < 1.29 is 0 Å². The molecule has 3 N–H and O–H groups in total.